The van der Waals surface area contributed by atoms with Gasteiger partial charge in [-0.15, -0.1) is 11.3 Å². The van der Waals surface area contributed by atoms with Gasteiger partial charge >= 0.3 is 0 Å². The van der Waals surface area contributed by atoms with E-state index in [2.05, 4.69) is 27.5 Å². The van der Waals surface area contributed by atoms with Gasteiger partial charge in [0, 0.05) is 40.9 Å². The summed E-state index contributed by atoms with van der Waals surface area (Å²) in [4.78, 5) is 4.24. The van der Waals surface area contributed by atoms with Crippen molar-refractivity contribution in [2.75, 3.05) is 5.32 Å². The van der Waals surface area contributed by atoms with E-state index in [9.17, 15) is 0 Å². The summed E-state index contributed by atoms with van der Waals surface area (Å²) in [7, 11) is 0. The van der Waals surface area contributed by atoms with Crippen LogP contribution in [0.1, 0.15) is 17.0 Å². The fourth-order valence-corrected chi connectivity index (χ4v) is 3.92. The van der Waals surface area contributed by atoms with Gasteiger partial charge < -0.3 is 11.1 Å². The number of aromatic nitrogens is 3. The van der Waals surface area contributed by atoms with Crippen LogP contribution in [-0.2, 0) is 13.0 Å². The Hall–Kier alpha value is -2.38. The third-order valence-corrected chi connectivity index (χ3v) is 5.43. The summed E-state index contributed by atoms with van der Waals surface area (Å²) >= 11 is 14.0. The first-order chi connectivity index (χ1) is 13.6. The molecule has 0 atom stereocenters. The zero-order valence-corrected chi connectivity index (χ0v) is 17.1. The molecule has 0 amide bonds. The molecule has 2 heterocycles. The Balaban J connectivity index is 1.60. The maximum Gasteiger partial charge on any atom is 0.187 e. The maximum absolute atomic E-state index is 6.39. The van der Waals surface area contributed by atoms with Gasteiger partial charge in [-0.1, -0.05) is 35.3 Å². The fraction of sp³-hybridized carbons (Fsp3) is 0.100. The predicted molar refractivity (Wildman–Crippen MR) is 116 cm³/mol. The van der Waals surface area contributed by atoms with Crippen molar-refractivity contribution in [3.05, 3.63) is 87.1 Å². The van der Waals surface area contributed by atoms with E-state index in [1.807, 2.05) is 34.3 Å². The molecule has 8 heteroatoms. The second-order valence-corrected chi connectivity index (χ2v) is 7.91. The average molecular weight is 430 g/mol. The van der Waals surface area contributed by atoms with Gasteiger partial charge in [0.25, 0.3) is 0 Å². The van der Waals surface area contributed by atoms with Crippen molar-refractivity contribution in [2.45, 2.75) is 13.0 Å². The van der Waals surface area contributed by atoms with E-state index in [1.54, 1.807) is 29.7 Å². The highest BCUT2D eigenvalue weighted by molar-refractivity contribution is 7.13. The molecule has 28 heavy (non-hydrogen) atoms. The van der Waals surface area contributed by atoms with Crippen LogP contribution in [0.4, 0.5) is 10.8 Å². The Morgan fingerprint density at radius 1 is 1.07 bits per heavy atom. The number of nitrogens with two attached hydrogens (primary N) is 1. The van der Waals surface area contributed by atoms with Gasteiger partial charge in [0.05, 0.1) is 16.4 Å². The molecule has 0 fully saturated rings. The highest BCUT2D eigenvalue weighted by Gasteiger charge is 2.13. The van der Waals surface area contributed by atoms with E-state index in [4.69, 9.17) is 28.9 Å². The summed E-state index contributed by atoms with van der Waals surface area (Å²) in [5.74, 6) is 0. The van der Waals surface area contributed by atoms with Crippen LogP contribution >= 0.6 is 34.5 Å². The number of nitrogens with zero attached hydrogens (tertiary/aromatic N) is 3. The highest BCUT2D eigenvalue weighted by Crippen LogP contribution is 2.27. The molecule has 0 aliphatic rings. The smallest absolute Gasteiger partial charge is 0.187 e. The number of thiazole rings is 1. The third-order valence-electron chi connectivity index (χ3n) is 4.20. The summed E-state index contributed by atoms with van der Waals surface area (Å²) < 4.78 is 1.84. The van der Waals surface area contributed by atoms with Crippen LogP contribution in [-0.4, -0.2) is 14.8 Å². The van der Waals surface area contributed by atoms with Crippen molar-refractivity contribution in [3.8, 4) is 5.69 Å². The van der Waals surface area contributed by atoms with Crippen molar-refractivity contribution in [3.63, 3.8) is 0 Å². The van der Waals surface area contributed by atoms with E-state index in [0.29, 0.717) is 23.0 Å². The molecular formula is C20H17Cl2N5S. The topological polar surface area (TPSA) is 68.8 Å². The number of rotatable bonds is 6. The molecule has 0 bridgehead atoms. The van der Waals surface area contributed by atoms with Crippen LogP contribution in [0.25, 0.3) is 5.69 Å². The largest absolute Gasteiger partial charge is 0.332 e. The lowest BCUT2D eigenvalue weighted by Gasteiger charge is -2.10. The van der Waals surface area contributed by atoms with Crippen molar-refractivity contribution < 1.29 is 0 Å². The van der Waals surface area contributed by atoms with Gasteiger partial charge in [-0.2, -0.15) is 5.10 Å². The zero-order valence-electron chi connectivity index (χ0n) is 14.8. The van der Waals surface area contributed by atoms with E-state index in [1.165, 1.54) is 0 Å². The lowest BCUT2D eigenvalue weighted by molar-refractivity contribution is 0.797. The van der Waals surface area contributed by atoms with E-state index in [-0.39, 0.29) is 0 Å². The van der Waals surface area contributed by atoms with Crippen LogP contribution in [0.3, 0.4) is 0 Å². The number of anilines is 2. The van der Waals surface area contributed by atoms with Crippen LogP contribution < -0.4 is 11.1 Å². The molecule has 2 aromatic heterocycles. The van der Waals surface area contributed by atoms with Crippen LogP contribution in [0, 0.1) is 0 Å². The SMILES string of the molecule is NCc1cc(Cc2ccc(Nc3nccs3)cc2)n(-c2ccc(Cl)cc2Cl)n1. The molecule has 4 rings (SSSR count). The first kappa shape index (κ1) is 19.0. The Bertz CT molecular complexity index is 1070. The van der Waals surface area contributed by atoms with Crippen molar-refractivity contribution in [2.24, 2.45) is 5.73 Å². The molecule has 142 valence electrons. The van der Waals surface area contributed by atoms with Crippen LogP contribution in [0.2, 0.25) is 10.0 Å². The first-order valence-corrected chi connectivity index (χ1v) is 10.2. The van der Waals surface area contributed by atoms with Crippen molar-refractivity contribution in [1.82, 2.24) is 14.8 Å². The second kappa shape index (κ2) is 8.32. The Labute approximate surface area is 176 Å². The van der Waals surface area contributed by atoms with Gasteiger partial charge in [-0.3, -0.25) is 0 Å². The van der Waals surface area contributed by atoms with E-state index in [0.717, 1.165) is 33.5 Å². The monoisotopic (exact) mass is 429 g/mol. The highest BCUT2D eigenvalue weighted by atomic mass is 35.5. The van der Waals surface area contributed by atoms with Gasteiger partial charge in [0.1, 0.15) is 0 Å². The molecule has 3 N–H and O–H groups in total. The van der Waals surface area contributed by atoms with Gasteiger partial charge in [-0.25, -0.2) is 9.67 Å². The summed E-state index contributed by atoms with van der Waals surface area (Å²) in [5.41, 5.74) is 10.5. The molecular weight excluding hydrogens is 413 g/mol. The molecule has 0 saturated heterocycles. The molecule has 2 aromatic carbocycles. The molecule has 0 radical (unpaired) electrons. The van der Waals surface area contributed by atoms with Gasteiger partial charge in [-0.05, 0) is 42.0 Å². The zero-order chi connectivity index (χ0) is 19.5. The number of benzene rings is 2. The van der Waals surface area contributed by atoms with Gasteiger partial charge in [0.2, 0.25) is 0 Å². The summed E-state index contributed by atoms with van der Waals surface area (Å²) in [6.07, 6.45) is 2.48. The molecule has 0 aliphatic carbocycles. The minimum atomic E-state index is 0.363. The number of nitrogens with one attached hydrogen (secondary N) is 1. The van der Waals surface area contributed by atoms with Crippen LogP contribution in [0.15, 0.2) is 60.1 Å². The minimum absolute atomic E-state index is 0.363. The second-order valence-electron chi connectivity index (χ2n) is 6.17. The maximum atomic E-state index is 6.39. The third kappa shape index (κ3) is 4.20. The molecule has 4 aromatic rings. The van der Waals surface area contributed by atoms with Crippen molar-refractivity contribution >= 4 is 45.4 Å². The fourth-order valence-electron chi connectivity index (χ4n) is 2.89. The summed E-state index contributed by atoms with van der Waals surface area (Å²) in [6, 6.07) is 15.6. The van der Waals surface area contributed by atoms with Gasteiger partial charge in [0.15, 0.2) is 5.13 Å². The molecule has 0 spiro atoms. The van der Waals surface area contributed by atoms with E-state index >= 15 is 0 Å². The van der Waals surface area contributed by atoms with E-state index < -0.39 is 0 Å². The minimum Gasteiger partial charge on any atom is -0.332 e. The number of halogens is 2. The lowest BCUT2D eigenvalue weighted by Crippen LogP contribution is -2.05. The lowest BCUT2D eigenvalue weighted by atomic mass is 10.1. The molecule has 0 aliphatic heterocycles. The number of hydrogen-bond acceptors (Lipinski definition) is 5. The average Bonchev–Trinajstić information content (AvgIpc) is 3.33. The van der Waals surface area contributed by atoms with Crippen LogP contribution in [0.5, 0.6) is 0 Å². The Morgan fingerprint density at radius 3 is 2.57 bits per heavy atom. The normalized spacial score (nSPS) is 11.0. The molecule has 5 nitrogen and oxygen atoms in total. The number of hydrogen-bond donors (Lipinski definition) is 2. The summed E-state index contributed by atoms with van der Waals surface area (Å²) in [6.45, 7) is 0.363. The first-order valence-electron chi connectivity index (χ1n) is 8.61. The van der Waals surface area contributed by atoms with Crippen molar-refractivity contribution in [1.29, 1.82) is 0 Å². The molecule has 0 unspecified atom stereocenters. The quantitative estimate of drug-likeness (QED) is 0.428. The Morgan fingerprint density at radius 2 is 1.89 bits per heavy atom. The summed E-state index contributed by atoms with van der Waals surface area (Å²) in [5, 5.41) is 11.8. The standard InChI is InChI=1S/C20H17Cl2N5S/c21-14-3-6-19(18(22)10-14)27-17(11-16(12-23)26-27)9-13-1-4-15(5-2-13)25-20-24-7-8-28-20/h1-8,10-11H,9,12,23H2,(H,24,25). The molecule has 0 saturated carbocycles. The predicted octanol–water partition coefficient (Wildman–Crippen LogP) is 5.43. The Kier molecular flexibility index (Phi) is 5.64.